The van der Waals surface area contributed by atoms with Crippen LogP contribution in [0.1, 0.15) is 15.9 Å². The summed E-state index contributed by atoms with van der Waals surface area (Å²) in [5.74, 6) is -2.48. The third-order valence-corrected chi connectivity index (χ3v) is 3.65. The monoisotopic (exact) mass is 347 g/mol. The van der Waals surface area contributed by atoms with E-state index in [1.54, 1.807) is 13.2 Å². The zero-order chi connectivity index (χ0) is 18.0. The fourth-order valence-electron chi connectivity index (χ4n) is 2.41. The van der Waals surface area contributed by atoms with Crippen molar-refractivity contribution in [3.63, 3.8) is 0 Å². The minimum Gasteiger partial charge on any atom is -0.490 e. The lowest BCUT2D eigenvalue weighted by molar-refractivity contribution is 0.103. The molecule has 2 heterocycles. The summed E-state index contributed by atoms with van der Waals surface area (Å²) in [6.45, 7) is 0.687. The van der Waals surface area contributed by atoms with Gasteiger partial charge in [0, 0.05) is 24.3 Å². The number of nitrogens with two attached hydrogens (primary N) is 1. The number of aromatic amines is 1. The lowest BCUT2D eigenvalue weighted by Gasteiger charge is -2.07. The van der Waals surface area contributed by atoms with Gasteiger partial charge in [0.2, 0.25) is 5.78 Å². The van der Waals surface area contributed by atoms with E-state index in [1.807, 2.05) is 0 Å². The lowest BCUT2D eigenvalue weighted by Crippen LogP contribution is -2.09. The van der Waals surface area contributed by atoms with Gasteiger partial charge in [-0.1, -0.05) is 0 Å². The molecule has 0 unspecified atom stereocenters. The van der Waals surface area contributed by atoms with Gasteiger partial charge in [-0.25, -0.2) is 13.8 Å². The molecule has 3 rings (SSSR count). The molecule has 0 bridgehead atoms. The molecule has 0 spiro atoms. The maximum Gasteiger partial charge on any atom is 0.201 e. The molecule has 3 N–H and O–H groups in total. The highest BCUT2D eigenvalue weighted by atomic mass is 19.1. The van der Waals surface area contributed by atoms with Crippen molar-refractivity contribution < 1.29 is 23.0 Å². The van der Waals surface area contributed by atoms with E-state index in [9.17, 15) is 13.6 Å². The Morgan fingerprint density at radius 2 is 2.12 bits per heavy atom. The number of carbonyl (C=O) groups is 1. The van der Waals surface area contributed by atoms with E-state index in [-0.39, 0.29) is 11.3 Å². The highest BCUT2D eigenvalue weighted by Gasteiger charge is 2.23. The van der Waals surface area contributed by atoms with E-state index in [2.05, 4.69) is 9.97 Å². The Bertz CT molecular complexity index is 940. The molecule has 0 amide bonds. The molecule has 0 radical (unpaired) electrons. The Kier molecular flexibility index (Phi) is 4.62. The third kappa shape index (κ3) is 3.16. The van der Waals surface area contributed by atoms with Gasteiger partial charge in [-0.2, -0.15) is 0 Å². The molecule has 0 saturated heterocycles. The predicted octanol–water partition coefficient (Wildman–Crippen LogP) is 2.68. The van der Waals surface area contributed by atoms with Crippen molar-refractivity contribution in [3.05, 3.63) is 53.4 Å². The summed E-state index contributed by atoms with van der Waals surface area (Å²) in [5, 5.41) is 0.390. The normalized spacial score (nSPS) is 11.0. The van der Waals surface area contributed by atoms with Gasteiger partial charge in [0.25, 0.3) is 0 Å². The second kappa shape index (κ2) is 6.86. The van der Waals surface area contributed by atoms with Gasteiger partial charge in [-0.05, 0) is 18.2 Å². The first kappa shape index (κ1) is 16.8. The number of anilines is 1. The van der Waals surface area contributed by atoms with Crippen molar-refractivity contribution in [1.82, 2.24) is 9.97 Å². The molecule has 1 aromatic carbocycles. The number of H-pyrrole nitrogens is 1. The van der Waals surface area contributed by atoms with Crippen LogP contribution in [0.3, 0.4) is 0 Å². The zero-order valence-corrected chi connectivity index (χ0v) is 13.3. The van der Waals surface area contributed by atoms with Crippen LogP contribution in [0.2, 0.25) is 0 Å². The van der Waals surface area contributed by atoms with Gasteiger partial charge in [-0.15, -0.1) is 0 Å². The topological polar surface area (TPSA) is 90.2 Å². The Morgan fingerprint density at radius 3 is 2.88 bits per heavy atom. The first-order valence-electron chi connectivity index (χ1n) is 7.40. The summed E-state index contributed by atoms with van der Waals surface area (Å²) in [7, 11) is 1.54. The summed E-state index contributed by atoms with van der Waals surface area (Å²) in [6, 6.07) is 3.60. The number of rotatable bonds is 6. The summed E-state index contributed by atoms with van der Waals surface area (Å²) in [4.78, 5) is 19.6. The van der Waals surface area contributed by atoms with Crippen molar-refractivity contribution in [2.45, 2.75) is 0 Å². The number of ether oxygens (including phenoxy) is 2. The first-order chi connectivity index (χ1) is 12.0. The molecule has 0 fully saturated rings. The molecule has 0 saturated carbocycles. The van der Waals surface area contributed by atoms with Crippen LogP contribution in [0.25, 0.3) is 11.0 Å². The molecule has 0 aliphatic carbocycles. The molecule has 8 heteroatoms. The number of benzene rings is 1. The highest BCUT2D eigenvalue weighted by Crippen LogP contribution is 2.27. The van der Waals surface area contributed by atoms with Gasteiger partial charge in [0.1, 0.15) is 23.8 Å². The van der Waals surface area contributed by atoms with Gasteiger partial charge >= 0.3 is 0 Å². The Hall–Kier alpha value is -3.00. The second-order valence-electron chi connectivity index (χ2n) is 5.27. The van der Waals surface area contributed by atoms with Gasteiger partial charge < -0.3 is 20.2 Å². The molecule has 2 aromatic heterocycles. The third-order valence-electron chi connectivity index (χ3n) is 3.65. The largest absolute Gasteiger partial charge is 0.490 e. The Morgan fingerprint density at radius 1 is 1.32 bits per heavy atom. The minimum atomic E-state index is -1.08. The van der Waals surface area contributed by atoms with E-state index >= 15 is 0 Å². The van der Waals surface area contributed by atoms with Crippen LogP contribution in [0, 0.1) is 11.6 Å². The van der Waals surface area contributed by atoms with Crippen molar-refractivity contribution in [2.24, 2.45) is 0 Å². The molecule has 3 aromatic rings. The average molecular weight is 347 g/mol. The summed E-state index contributed by atoms with van der Waals surface area (Å²) >= 11 is 0. The minimum absolute atomic E-state index is 0.0723. The second-order valence-corrected chi connectivity index (χ2v) is 5.27. The summed E-state index contributed by atoms with van der Waals surface area (Å²) in [6.07, 6.45) is 2.82. The smallest absolute Gasteiger partial charge is 0.201 e. The van der Waals surface area contributed by atoms with E-state index in [0.717, 1.165) is 12.1 Å². The maximum absolute atomic E-state index is 14.1. The SMILES string of the molecule is COCCOc1cnc2[nH]cc(C(=O)c3c(F)ccc(N)c3F)c2c1. The Labute approximate surface area is 141 Å². The standard InChI is InChI=1S/C17H15F2N3O3/c1-24-4-5-25-9-6-10-11(8-22-17(10)21-7-9)16(23)14-12(18)2-3-13(20)15(14)19/h2-3,6-8H,4-5,20H2,1H3,(H,21,22). The number of hydrogen-bond acceptors (Lipinski definition) is 5. The molecular formula is C17H15F2N3O3. The fourth-order valence-corrected chi connectivity index (χ4v) is 2.41. The maximum atomic E-state index is 14.1. The van der Waals surface area contributed by atoms with Crippen LogP contribution in [0.5, 0.6) is 5.75 Å². The fraction of sp³-hybridized carbons (Fsp3) is 0.176. The average Bonchev–Trinajstić information content (AvgIpc) is 3.02. The van der Waals surface area contributed by atoms with E-state index in [0.29, 0.717) is 30.0 Å². The van der Waals surface area contributed by atoms with Crippen LogP contribution in [-0.4, -0.2) is 36.1 Å². The van der Waals surface area contributed by atoms with E-state index in [4.69, 9.17) is 15.2 Å². The number of methoxy groups -OCH3 is 1. The number of nitrogens with one attached hydrogen (secondary N) is 1. The quantitative estimate of drug-likeness (QED) is 0.406. The molecular weight excluding hydrogens is 332 g/mol. The summed E-state index contributed by atoms with van der Waals surface area (Å²) in [5.41, 5.74) is 4.91. The number of halogens is 2. The number of pyridine rings is 1. The van der Waals surface area contributed by atoms with Crippen molar-refractivity contribution in [1.29, 1.82) is 0 Å². The van der Waals surface area contributed by atoms with Gasteiger partial charge in [-0.3, -0.25) is 4.79 Å². The summed E-state index contributed by atoms with van der Waals surface area (Å²) < 4.78 is 38.5. The van der Waals surface area contributed by atoms with Crippen molar-refractivity contribution >= 4 is 22.5 Å². The number of aromatic nitrogens is 2. The van der Waals surface area contributed by atoms with Crippen LogP contribution >= 0.6 is 0 Å². The molecule has 25 heavy (non-hydrogen) atoms. The number of fused-ring (bicyclic) bond motifs is 1. The molecule has 0 atom stereocenters. The number of ketones is 1. The highest BCUT2D eigenvalue weighted by molar-refractivity contribution is 6.16. The number of hydrogen-bond donors (Lipinski definition) is 2. The molecule has 0 aliphatic rings. The lowest BCUT2D eigenvalue weighted by atomic mass is 10.0. The number of carbonyl (C=O) groups excluding carboxylic acids is 1. The van der Waals surface area contributed by atoms with E-state index < -0.39 is 23.0 Å². The van der Waals surface area contributed by atoms with Crippen molar-refractivity contribution in [2.75, 3.05) is 26.1 Å². The van der Waals surface area contributed by atoms with Gasteiger partial charge in [0.15, 0.2) is 5.82 Å². The van der Waals surface area contributed by atoms with Crippen LogP contribution in [-0.2, 0) is 4.74 Å². The molecule has 0 aliphatic heterocycles. The predicted molar refractivity (Wildman–Crippen MR) is 87.7 cm³/mol. The van der Waals surface area contributed by atoms with E-state index in [1.165, 1.54) is 12.4 Å². The first-order valence-corrected chi connectivity index (χ1v) is 7.40. The van der Waals surface area contributed by atoms with Crippen LogP contribution in [0.15, 0.2) is 30.6 Å². The van der Waals surface area contributed by atoms with Gasteiger partial charge in [0.05, 0.1) is 24.1 Å². The number of nitrogens with zero attached hydrogens (tertiary/aromatic N) is 1. The molecule has 130 valence electrons. The van der Waals surface area contributed by atoms with Crippen LogP contribution < -0.4 is 10.5 Å². The van der Waals surface area contributed by atoms with Crippen LogP contribution in [0.4, 0.5) is 14.5 Å². The Balaban J connectivity index is 2.02. The zero-order valence-electron chi connectivity index (χ0n) is 13.3. The number of nitrogen functional groups attached to an aromatic ring is 1. The van der Waals surface area contributed by atoms with Crippen molar-refractivity contribution in [3.8, 4) is 5.75 Å². The molecule has 6 nitrogen and oxygen atoms in total.